The van der Waals surface area contributed by atoms with Crippen molar-refractivity contribution in [3.05, 3.63) is 52.5 Å². The van der Waals surface area contributed by atoms with Gasteiger partial charge in [0.05, 0.1) is 11.6 Å². The molecule has 6 heteroatoms. The van der Waals surface area contributed by atoms with Crippen LogP contribution in [0.3, 0.4) is 0 Å². The summed E-state index contributed by atoms with van der Waals surface area (Å²) in [5.74, 6) is 2.12. The number of methoxy groups -OCH3 is 1. The maximum atomic E-state index is 8.64. The maximum absolute atomic E-state index is 8.64. The van der Waals surface area contributed by atoms with Crippen molar-refractivity contribution in [2.24, 2.45) is 10.9 Å². The maximum Gasteiger partial charge on any atom is 0.170 e. The fraction of sp³-hybridized carbons (Fsp3) is 0.0714. The van der Waals surface area contributed by atoms with Crippen LogP contribution in [0.1, 0.15) is 5.56 Å². The molecule has 0 spiro atoms. The molecular weight excluding hydrogens is 324 g/mol. The lowest BCUT2D eigenvalue weighted by atomic mass is 10.2. The van der Waals surface area contributed by atoms with Crippen LogP contribution >= 0.6 is 15.9 Å². The summed E-state index contributed by atoms with van der Waals surface area (Å²) < 4.78 is 11.5. The van der Waals surface area contributed by atoms with Gasteiger partial charge >= 0.3 is 0 Å². The standard InChI is InChI=1S/C14H13BrN2O3/c1-19-10-3-5-11(6-4-10)20-13-7-2-9(8-12(13)15)14(16)17-18/h2-8,18H,1H3,(H2,16,17). The fourth-order valence-electron chi connectivity index (χ4n) is 1.57. The van der Waals surface area contributed by atoms with E-state index in [0.717, 1.165) is 5.75 Å². The number of nitrogens with two attached hydrogens (primary N) is 1. The van der Waals surface area contributed by atoms with Gasteiger partial charge in [0.1, 0.15) is 17.2 Å². The van der Waals surface area contributed by atoms with E-state index in [9.17, 15) is 0 Å². The minimum atomic E-state index is 0.0432. The number of benzene rings is 2. The van der Waals surface area contributed by atoms with Crippen molar-refractivity contribution in [1.82, 2.24) is 0 Å². The second-order valence-corrected chi connectivity index (χ2v) is 4.76. The molecule has 2 aromatic rings. The second kappa shape index (κ2) is 6.29. The molecule has 0 heterocycles. The van der Waals surface area contributed by atoms with Crippen molar-refractivity contribution < 1.29 is 14.7 Å². The van der Waals surface area contributed by atoms with Crippen molar-refractivity contribution >= 4 is 21.8 Å². The number of amidine groups is 1. The van der Waals surface area contributed by atoms with Crippen LogP contribution in [-0.4, -0.2) is 18.2 Å². The number of hydrogen-bond donors (Lipinski definition) is 2. The molecule has 0 atom stereocenters. The predicted octanol–water partition coefficient (Wildman–Crippen LogP) is 3.34. The van der Waals surface area contributed by atoms with Crippen molar-refractivity contribution in [3.8, 4) is 17.2 Å². The summed E-state index contributed by atoms with van der Waals surface area (Å²) >= 11 is 3.39. The van der Waals surface area contributed by atoms with E-state index < -0.39 is 0 Å². The molecule has 5 nitrogen and oxygen atoms in total. The van der Waals surface area contributed by atoms with Gasteiger partial charge in [0.15, 0.2) is 5.84 Å². The molecule has 0 fully saturated rings. The highest BCUT2D eigenvalue weighted by Crippen LogP contribution is 2.31. The van der Waals surface area contributed by atoms with Gasteiger partial charge in [0.25, 0.3) is 0 Å². The molecule has 0 unspecified atom stereocenters. The van der Waals surface area contributed by atoms with Crippen LogP contribution in [0.25, 0.3) is 0 Å². The van der Waals surface area contributed by atoms with E-state index in [1.54, 1.807) is 25.3 Å². The minimum Gasteiger partial charge on any atom is -0.497 e. The van der Waals surface area contributed by atoms with Crippen LogP contribution in [0.5, 0.6) is 17.2 Å². The van der Waals surface area contributed by atoms with Crippen LogP contribution in [0.4, 0.5) is 0 Å². The van der Waals surface area contributed by atoms with Gasteiger partial charge in [-0.2, -0.15) is 0 Å². The number of nitrogens with zero attached hydrogens (tertiary/aromatic N) is 1. The van der Waals surface area contributed by atoms with E-state index in [2.05, 4.69) is 21.1 Å². The molecule has 2 rings (SSSR count). The van der Waals surface area contributed by atoms with Gasteiger partial charge in [0, 0.05) is 5.56 Å². The summed E-state index contributed by atoms with van der Waals surface area (Å²) in [5.41, 5.74) is 6.12. The lowest BCUT2D eigenvalue weighted by Gasteiger charge is -2.09. The zero-order chi connectivity index (χ0) is 14.5. The van der Waals surface area contributed by atoms with Crippen molar-refractivity contribution in [1.29, 1.82) is 0 Å². The van der Waals surface area contributed by atoms with E-state index in [-0.39, 0.29) is 5.84 Å². The molecule has 0 radical (unpaired) electrons. The van der Waals surface area contributed by atoms with Gasteiger partial charge in [-0.15, -0.1) is 0 Å². The summed E-state index contributed by atoms with van der Waals surface area (Å²) in [5, 5.41) is 11.6. The molecule has 0 bridgehead atoms. The molecule has 0 saturated carbocycles. The molecule has 2 aromatic carbocycles. The van der Waals surface area contributed by atoms with Gasteiger partial charge < -0.3 is 20.4 Å². The number of oxime groups is 1. The summed E-state index contributed by atoms with van der Waals surface area (Å²) in [4.78, 5) is 0. The first kappa shape index (κ1) is 14.2. The van der Waals surface area contributed by atoms with E-state index in [1.165, 1.54) is 0 Å². The molecule has 104 valence electrons. The summed E-state index contributed by atoms with van der Waals surface area (Å²) in [6.07, 6.45) is 0. The number of ether oxygens (including phenoxy) is 2. The minimum absolute atomic E-state index is 0.0432. The van der Waals surface area contributed by atoms with Gasteiger partial charge in [-0.25, -0.2) is 0 Å². The van der Waals surface area contributed by atoms with Crippen LogP contribution in [-0.2, 0) is 0 Å². The average Bonchev–Trinajstić information content (AvgIpc) is 2.49. The first-order chi connectivity index (χ1) is 9.63. The topological polar surface area (TPSA) is 77.1 Å². The van der Waals surface area contributed by atoms with Crippen molar-refractivity contribution in [2.45, 2.75) is 0 Å². The molecule has 3 N–H and O–H groups in total. The zero-order valence-corrected chi connectivity index (χ0v) is 12.3. The Morgan fingerprint density at radius 3 is 2.35 bits per heavy atom. The lowest BCUT2D eigenvalue weighted by Crippen LogP contribution is -2.12. The third kappa shape index (κ3) is 3.21. The van der Waals surface area contributed by atoms with Crippen LogP contribution in [0, 0.1) is 0 Å². The highest BCUT2D eigenvalue weighted by molar-refractivity contribution is 9.10. The van der Waals surface area contributed by atoms with Gasteiger partial charge in [-0.3, -0.25) is 0 Å². The first-order valence-corrected chi connectivity index (χ1v) is 6.52. The van der Waals surface area contributed by atoms with Crippen LogP contribution < -0.4 is 15.2 Å². The molecule has 0 aliphatic rings. The average molecular weight is 337 g/mol. The Bertz CT molecular complexity index is 627. The number of rotatable bonds is 4. The first-order valence-electron chi connectivity index (χ1n) is 5.73. The summed E-state index contributed by atoms with van der Waals surface area (Å²) in [6.45, 7) is 0. The number of hydrogen-bond acceptors (Lipinski definition) is 4. The third-order valence-electron chi connectivity index (χ3n) is 2.62. The highest BCUT2D eigenvalue weighted by Gasteiger charge is 2.07. The van der Waals surface area contributed by atoms with E-state index in [4.69, 9.17) is 20.4 Å². The molecular formula is C14H13BrN2O3. The van der Waals surface area contributed by atoms with Gasteiger partial charge in [0.2, 0.25) is 0 Å². The highest BCUT2D eigenvalue weighted by atomic mass is 79.9. The Kier molecular flexibility index (Phi) is 4.47. The van der Waals surface area contributed by atoms with E-state index in [1.807, 2.05) is 24.3 Å². The Morgan fingerprint density at radius 2 is 1.80 bits per heavy atom. The normalized spacial score (nSPS) is 11.2. The molecule has 0 aliphatic heterocycles. The Hall–Kier alpha value is -2.21. The van der Waals surface area contributed by atoms with Crippen molar-refractivity contribution in [2.75, 3.05) is 7.11 Å². The van der Waals surface area contributed by atoms with Crippen LogP contribution in [0.15, 0.2) is 52.1 Å². The fourth-order valence-corrected chi connectivity index (χ4v) is 2.03. The van der Waals surface area contributed by atoms with E-state index in [0.29, 0.717) is 21.5 Å². The Balaban J connectivity index is 2.20. The SMILES string of the molecule is COc1ccc(Oc2ccc(/C(N)=N/O)cc2Br)cc1. The molecule has 0 amide bonds. The quantitative estimate of drug-likeness (QED) is 0.388. The van der Waals surface area contributed by atoms with Crippen molar-refractivity contribution in [3.63, 3.8) is 0 Å². The predicted molar refractivity (Wildman–Crippen MR) is 79.7 cm³/mol. The Morgan fingerprint density at radius 1 is 1.15 bits per heavy atom. The molecule has 20 heavy (non-hydrogen) atoms. The lowest BCUT2D eigenvalue weighted by molar-refractivity contribution is 0.318. The summed E-state index contributed by atoms with van der Waals surface area (Å²) in [7, 11) is 1.61. The largest absolute Gasteiger partial charge is 0.497 e. The van der Waals surface area contributed by atoms with Gasteiger partial charge in [-0.1, -0.05) is 5.16 Å². The second-order valence-electron chi connectivity index (χ2n) is 3.91. The summed E-state index contributed by atoms with van der Waals surface area (Å²) in [6, 6.07) is 12.4. The monoisotopic (exact) mass is 336 g/mol. The van der Waals surface area contributed by atoms with Gasteiger partial charge in [-0.05, 0) is 58.4 Å². The molecule has 0 saturated heterocycles. The molecule has 0 aliphatic carbocycles. The number of halogens is 1. The third-order valence-corrected chi connectivity index (χ3v) is 3.24. The Labute approximate surface area is 124 Å². The van der Waals surface area contributed by atoms with Crippen LogP contribution in [0.2, 0.25) is 0 Å². The zero-order valence-electron chi connectivity index (χ0n) is 10.7. The smallest absolute Gasteiger partial charge is 0.170 e. The molecule has 0 aromatic heterocycles. The van der Waals surface area contributed by atoms with E-state index >= 15 is 0 Å².